The van der Waals surface area contributed by atoms with Crippen LogP contribution in [-0.4, -0.2) is 69.4 Å². The third kappa shape index (κ3) is 58.4. The first-order valence-electron chi connectivity index (χ1n) is 33.1. The monoisotopic (exact) mass is 1110 g/mol. The summed E-state index contributed by atoms with van der Waals surface area (Å²) < 4.78 is 30.3. The number of hydrogen-bond acceptors (Lipinski definition) is 7. The lowest BCUT2D eigenvalue weighted by atomic mass is 10.0. The second-order valence-corrected chi connectivity index (χ2v) is 25.1. The molecular weight excluding hydrogens is 988 g/mol. The average molecular weight is 1120 g/mol. The van der Waals surface area contributed by atoms with Gasteiger partial charge in [-0.3, -0.25) is 14.2 Å². The van der Waals surface area contributed by atoms with Gasteiger partial charge in [0.1, 0.15) is 19.3 Å². The van der Waals surface area contributed by atoms with Crippen LogP contribution in [0, 0.1) is 0 Å². The molecular formula is C68H127N2O7P. The Morgan fingerprint density at radius 3 is 1.27 bits per heavy atom. The van der Waals surface area contributed by atoms with E-state index in [0.29, 0.717) is 17.4 Å². The summed E-state index contributed by atoms with van der Waals surface area (Å²) in [6.45, 7) is 6.81. The predicted molar refractivity (Wildman–Crippen MR) is 335 cm³/mol. The minimum Gasteiger partial charge on any atom is -0.756 e. The van der Waals surface area contributed by atoms with Gasteiger partial charge in [0.15, 0.2) is 0 Å². The SMILES string of the molecule is CCCCC/C=C\C/C=C\CCCCCCCCCCCCCCCCCC(=O)OC(/C=C\CCCCCCCCCCC)C(COP(=O)([O-])OCC[N+](C)(C)C)NC(=O)CCCCC/C=C/C=C/CCCCCCCCC. The van der Waals surface area contributed by atoms with Gasteiger partial charge in [-0.15, -0.1) is 0 Å². The van der Waals surface area contributed by atoms with E-state index in [-0.39, 0.29) is 31.3 Å². The Morgan fingerprint density at radius 1 is 0.462 bits per heavy atom. The smallest absolute Gasteiger partial charge is 0.306 e. The van der Waals surface area contributed by atoms with Gasteiger partial charge in [0.05, 0.1) is 33.8 Å². The number of phosphoric ester groups is 1. The Hall–Kier alpha value is -2.29. The van der Waals surface area contributed by atoms with Crippen LogP contribution in [0.2, 0.25) is 0 Å². The van der Waals surface area contributed by atoms with Crippen LogP contribution in [0.25, 0.3) is 0 Å². The number of nitrogens with one attached hydrogen (secondary N) is 1. The number of amides is 1. The van der Waals surface area contributed by atoms with Crippen LogP contribution in [0.1, 0.15) is 310 Å². The number of nitrogens with zero attached hydrogens (tertiary/aromatic N) is 1. The van der Waals surface area contributed by atoms with Crippen molar-refractivity contribution in [2.24, 2.45) is 0 Å². The maximum absolute atomic E-state index is 13.5. The highest BCUT2D eigenvalue weighted by atomic mass is 31.2. The molecule has 0 radical (unpaired) electrons. The van der Waals surface area contributed by atoms with E-state index >= 15 is 0 Å². The van der Waals surface area contributed by atoms with Gasteiger partial charge >= 0.3 is 5.97 Å². The average Bonchev–Trinajstić information content (AvgIpc) is 3.41. The lowest BCUT2D eigenvalue weighted by molar-refractivity contribution is -0.870. The van der Waals surface area contributed by atoms with Crippen LogP contribution in [0.3, 0.4) is 0 Å². The number of likely N-dealkylation sites (N-methyl/N-ethyl adjacent to an activating group) is 1. The summed E-state index contributed by atoms with van der Waals surface area (Å²) in [6, 6.07) is -0.902. The van der Waals surface area contributed by atoms with E-state index < -0.39 is 26.6 Å². The van der Waals surface area contributed by atoms with Crippen molar-refractivity contribution in [2.45, 2.75) is 322 Å². The van der Waals surface area contributed by atoms with Gasteiger partial charge in [0, 0.05) is 12.8 Å². The van der Waals surface area contributed by atoms with Gasteiger partial charge < -0.3 is 28.5 Å². The molecule has 1 amide bonds. The highest BCUT2D eigenvalue weighted by molar-refractivity contribution is 7.45. The molecule has 9 nitrogen and oxygen atoms in total. The van der Waals surface area contributed by atoms with Crippen molar-refractivity contribution in [2.75, 3.05) is 40.9 Å². The summed E-state index contributed by atoms with van der Waals surface area (Å²) >= 11 is 0. The molecule has 456 valence electrons. The molecule has 0 fully saturated rings. The largest absolute Gasteiger partial charge is 0.756 e. The molecule has 0 saturated heterocycles. The second-order valence-electron chi connectivity index (χ2n) is 23.6. The molecule has 0 rings (SSSR count). The molecule has 0 aliphatic carbocycles. The quantitative estimate of drug-likeness (QED) is 0.0161. The number of phosphoric acid groups is 1. The summed E-state index contributed by atoms with van der Waals surface area (Å²) in [4.78, 5) is 40.0. The van der Waals surface area contributed by atoms with E-state index in [0.717, 1.165) is 70.6 Å². The highest BCUT2D eigenvalue weighted by Crippen LogP contribution is 2.38. The van der Waals surface area contributed by atoms with Crippen molar-refractivity contribution in [3.8, 4) is 0 Å². The summed E-state index contributed by atoms with van der Waals surface area (Å²) in [5.41, 5.74) is 0. The van der Waals surface area contributed by atoms with E-state index in [1.807, 2.05) is 33.3 Å². The van der Waals surface area contributed by atoms with E-state index in [9.17, 15) is 19.0 Å². The molecule has 0 spiro atoms. The van der Waals surface area contributed by atoms with Crippen LogP contribution in [0.4, 0.5) is 0 Å². The molecule has 0 bridgehead atoms. The summed E-state index contributed by atoms with van der Waals surface area (Å²) in [5, 5.41) is 3.02. The number of unbranched alkanes of at least 4 members (excludes halogenated alkanes) is 37. The predicted octanol–water partition coefficient (Wildman–Crippen LogP) is 20.0. The summed E-state index contributed by atoms with van der Waals surface area (Å²) in [5.74, 6) is -0.564. The first kappa shape index (κ1) is 75.7. The molecule has 1 N–H and O–H groups in total. The molecule has 78 heavy (non-hydrogen) atoms. The van der Waals surface area contributed by atoms with Crippen molar-refractivity contribution in [3.63, 3.8) is 0 Å². The van der Waals surface area contributed by atoms with Gasteiger partial charge in [-0.1, -0.05) is 268 Å². The number of hydrogen-bond donors (Lipinski definition) is 1. The van der Waals surface area contributed by atoms with Crippen molar-refractivity contribution < 1.29 is 37.3 Å². The van der Waals surface area contributed by atoms with Crippen LogP contribution in [-0.2, 0) is 27.9 Å². The molecule has 10 heteroatoms. The van der Waals surface area contributed by atoms with Gasteiger partial charge in [-0.2, -0.15) is 0 Å². The minimum absolute atomic E-state index is 0.0275. The zero-order valence-electron chi connectivity index (χ0n) is 52.1. The third-order valence-corrected chi connectivity index (χ3v) is 15.7. The normalized spacial score (nSPS) is 14.0. The van der Waals surface area contributed by atoms with Gasteiger partial charge in [-0.05, 0) is 89.5 Å². The highest BCUT2D eigenvalue weighted by Gasteiger charge is 2.27. The Bertz CT molecular complexity index is 1520. The number of ether oxygens (including phenoxy) is 1. The van der Waals surface area contributed by atoms with E-state index in [2.05, 4.69) is 74.7 Å². The zero-order valence-corrected chi connectivity index (χ0v) is 53.0. The number of esters is 1. The number of allylic oxidation sites excluding steroid dienone is 9. The first-order valence-corrected chi connectivity index (χ1v) is 34.6. The molecule has 0 heterocycles. The number of carbonyl (C=O) groups excluding carboxylic acids is 2. The van der Waals surface area contributed by atoms with Gasteiger partial charge in [0.25, 0.3) is 7.82 Å². The molecule has 3 unspecified atom stereocenters. The lowest BCUT2D eigenvalue weighted by Crippen LogP contribution is -2.47. The van der Waals surface area contributed by atoms with Crippen molar-refractivity contribution in [3.05, 3.63) is 60.8 Å². The molecule has 3 atom stereocenters. The number of rotatable bonds is 60. The van der Waals surface area contributed by atoms with E-state index in [1.54, 1.807) is 0 Å². The maximum atomic E-state index is 13.5. The summed E-state index contributed by atoms with van der Waals surface area (Å²) in [7, 11) is 1.17. The molecule has 0 aromatic heterocycles. The maximum Gasteiger partial charge on any atom is 0.306 e. The molecule has 0 aliphatic heterocycles. The van der Waals surface area contributed by atoms with Gasteiger partial charge in [0.2, 0.25) is 5.91 Å². The fraction of sp³-hybridized carbons (Fsp3) is 0.824. The Kier molecular flexibility index (Phi) is 56.2. The Morgan fingerprint density at radius 2 is 0.821 bits per heavy atom. The van der Waals surface area contributed by atoms with Gasteiger partial charge in [-0.25, -0.2) is 0 Å². The lowest BCUT2D eigenvalue weighted by Gasteiger charge is -2.30. The van der Waals surface area contributed by atoms with Crippen molar-refractivity contribution >= 4 is 19.7 Å². The van der Waals surface area contributed by atoms with Crippen LogP contribution in [0.5, 0.6) is 0 Å². The fourth-order valence-electron chi connectivity index (χ4n) is 9.54. The molecule has 0 aromatic carbocycles. The molecule has 0 aliphatic rings. The van der Waals surface area contributed by atoms with Crippen LogP contribution in [0.15, 0.2) is 60.8 Å². The van der Waals surface area contributed by atoms with Crippen LogP contribution >= 0.6 is 7.82 Å². The standard InChI is InChI=1S/C68H127N2O7P/c1-7-10-13-16-19-22-25-27-29-31-32-33-34-35-36-37-38-39-41-43-46-49-52-55-58-61-68(72)77-66(59-56-53-50-47-44-24-21-18-15-12-9-3)65(64-76-78(73,74)75-63-62-70(4,5)6)69-67(71)60-57-54-51-48-45-42-40-30-28-26-23-20-17-14-11-8-2/h19,22,27,29-30,40,42,45,56,59,65-66H,7-18,20-21,23-26,28,31-39,41,43-44,46-55,57-58,60-64H2,1-6H3,(H-,69,71,73,74)/b22-19-,29-27-,40-30+,45-42+,59-56-. The zero-order chi connectivity index (χ0) is 57.2. The van der Waals surface area contributed by atoms with E-state index in [4.69, 9.17) is 13.8 Å². The second kappa shape index (κ2) is 57.9. The van der Waals surface area contributed by atoms with Crippen molar-refractivity contribution in [1.29, 1.82) is 0 Å². The van der Waals surface area contributed by atoms with Crippen molar-refractivity contribution in [1.82, 2.24) is 5.32 Å². The first-order chi connectivity index (χ1) is 37.9. The Balaban J connectivity index is 5.08. The minimum atomic E-state index is -4.71. The fourth-order valence-corrected chi connectivity index (χ4v) is 10.3. The van der Waals surface area contributed by atoms with Crippen LogP contribution < -0.4 is 10.2 Å². The third-order valence-electron chi connectivity index (χ3n) is 14.7. The topological polar surface area (TPSA) is 114 Å². The molecule has 0 aromatic rings. The number of carbonyl (C=O) groups is 2. The molecule has 0 saturated carbocycles. The number of quaternary nitrogens is 1. The van der Waals surface area contributed by atoms with E-state index in [1.165, 1.54) is 199 Å². The summed E-state index contributed by atoms with van der Waals surface area (Å²) in [6.07, 6.45) is 73.5. The Labute approximate surface area is 483 Å².